The van der Waals surface area contributed by atoms with E-state index >= 15 is 0 Å². The molecular weight excluding hydrogens is 300 g/mol. The van der Waals surface area contributed by atoms with Crippen LogP contribution in [0.2, 0.25) is 0 Å². The summed E-state index contributed by atoms with van der Waals surface area (Å²) in [6.45, 7) is 5.99. The molecule has 2 aliphatic rings. The van der Waals surface area contributed by atoms with Crippen molar-refractivity contribution in [2.24, 2.45) is 5.41 Å². The molecule has 1 aromatic carbocycles. The molecule has 134 valence electrons. The minimum Gasteiger partial charge on any atom is -0.493 e. The van der Waals surface area contributed by atoms with Crippen molar-refractivity contribution in [1.82, 2.24) is 9.80 Å². The summed E-state index contributed by atoms with van der Waals surface area (Å²) in [4.78, 5) is 5.10. The maximum absolute atomic E-state index is 5.44. The maximum Gasteiger partial charge on any atom is 0.161 e. The van der Waals surface area contributed by atoms with Crippen molar-refractivity contribution < 1.29 is 9.47 Å². The first-order chi connectivity index (χ1) is 11.6. The highest BCUT2D eigenvalue weighted by Gasteiger charge is 2.35. The highest BCUT2D eigenvalue weighted by atomic mass is 16.5. The Morgan fingerprint density at radius 1 is 0.917 bits per heavy atom. The number of piperidine rings is 1. The third-order valence-electron chi connectivity index (χ3n) is 6.04. The van der Waals surface area contributed by atoms with E-state index in [1.807, 2.05) is 6.07 Å². The van der Waals surface area contributed by atoms with E-state index in [4.69, 9.17) is 9.47 Å². The lowest BCUT2D eigenvalue weighted by Crippen LogP contribution is -2.38. The maximum atomic E-state index is 5.44. The molecule has 0 atom stereocenters. The number of hydrogen-bond acceptors (Lipinski definition) is 4. The number of rotatable bonds is 4. The molecule has 0 aromatic heterocycles. The molecule has 1 aromatic rings. The van der Waals surface area contributed by atoms with Gasteiger partial charge in [0.15, 0.2) is 11.5 Å². The second-order valence-corrected chi connectivity index (χ2v) is 7.62. The monoisotopic (exact) mass is 332 g/mol. The molecular formula is C20H32N2O2. The molecule has 3 rings (SSSR count). The minimum absolute atomic E-state index is 0.610. The number of likely N-dealkylation sites (tertiary alicyclic amines) is 2. The quantitative estimate of drug-likeness (QED) is 0.844. The predicted molar refractivity (Wildman–Crippen MR) is 97.8 cm³/mol. The molecule has 1 spiro atoms. The van der Waals surface area contributed by atoms with E-state index in [0.717, 1.165) is 18.0 Å². The van der Waals surface area contributed by atoms with E-state index in [0.29, 0.717) is 5.41 Å². The van der Waals surface area contributed by atoms with Crippen LogP contribution in [0.5, 0.6) is 11.5 Å². The smallest absolute Gasteiger partial charge is 0.161 e. The summed E-state index contributed by atoms with van der Waals surface area (Å²) < 4.78 is 10.8. The van der Waals surface area contributed by atoms with Crippen LogP contribution in [0.15, 0.2) is 18.2 Å². The summed E-state index contributed by atoms with van der Waals surface area (Å²) in [5, 5.41) is 0. The molecule has 0 radical (unpaired) electrons. The van der Waals surface area contributed by atoms with Crippen molar-refractivity contribution in [3.8, 4) is 11.5 Å². The van der Waals surface area contributed by atoms with Gasteiger partial charge in [-0.05, 0) is 88.4 Å². The second-order valence-electron chi connectivity index (χ2n) is 7.62. The van der Waals surface area contributed by atoms with E-state index in [1.165, 1.54) is 63.8 Å². The summed E-state index contributed by atoms with van der Waals surface area (Å²) in [5.41, 5.74) is 1.92. The van der Waals surface area contributed by atoms with Crippen LogP contribution in [-0.2, 0) is 6.54 Å². The normalized spacial score (nSPS) is 22.3. The van der Waals surface area contributed by atoms with Crippen LogP contribution >= 0.6 is 0 Å². The molecule has 4 nitrogen and oxygen atoms in total. The van der Waals surface area contributed by atoms with Gasteiger partial charge in [-0.25, -0.2) is 0 Å². The molecule has 2 fully saturated rings. The summed E-state index contributed by atoms with van der Waals surface area (Å²) in [5.74, 6) is 1.64. The number of nitrogens with zero attached hydrogens (tertiary/aromatic N) is 2. The van der Waals surface area contributed by atoms with E-state index in [1.54, 1.807) is 14.2 Å². The van der Waals surface area contributed by atoms with Gasteiger partial charge >= 0.3 is 0 Å². The predicted octanol–water partition coefficient (Wildman–Crippen LogP) is 3.40. The highest BCUT2D eigenvalue weighted by molar-refractivity contribution is 5.42. The first-order valence-electron chi connectivity index (χ1n) is 9.26. The van der Waals surface area contributed by atoms with E-state index in [-0.39, 0.29) is 0 Å². The van der Waals surface area contributed by atoms with Crippen LogP contribution in [0.4, 0.5) is 0 Å². The lowest BCUT2D eigenvalue weighted by molar-refractivity contribution is 0.104. The first-order valence-corrected chi connectivity index (χ1v) is 9.26. The van der Waals surface area contributed by atoms with Crippen molar-refractivity contribution in [2.45, 2.75) is 38.6 Å². The van der Waals surface area contributed by atoms with Gasteiger partial charge in [-0.3, -0.25) is 4.90 Å². The van der Waals surface area contributed by atoms with Crippen LogP contribution < -0.4 is 9.47 Å². The van der Waals surface area contributed by atoms with E-state index in [9.17, 15) is 0 Å². The number of hydrogen-bond donors (Lipinski definition) is 0. The van der Waals surface area contributed by atoms with Gasteiger partial charge in [-0.15, -0.1) is 0 Å². The highest BCUT2D eigenvalue weighted by Crippen LogP contribution is 2.41. The fraction of sp³-hybridized carbons (Fsp3) is 0.700. The topological polar surface area (TPSA) is 24.9 Å². The Labute approximate surface area is 146 Å². The van der Waals surface area contributed by atoms with Crippen LogP contribution in [0.25, 0.3) is 0 Å². The molecule has 24 heavy (non-hydrogen) atoms. The van der Waals surface area contributed by atoms with Crippen LogP contribution in [0.1, 0.15) is 37.7 Å². The SMILES string of the molecule is COc1ccc(CN2CCCC3(CCN(C)CC3)CC2)cc1OC. The number of benzene rings is 1. The number of ether oxygens (including phenoxy) is 2. The first kappa shape index (κ1) is 17.6. The van der Waals surface area contributed by atoms with Gasteiger partial charge in [-0.1, -0.05) is 6.07 Å². The molecule has 2 aliphatic heterocycles. The molecule has 4 heteroatoms. The molecule has 0 bridgehead atoms. The van der Waals surface area contributed by atoms with Crippen LogP contribution in [0, 0.1) is 5.41 Å². The standard InChI is InChI=1S/C20H32N2O2/c1-21-12-8-20(9-13-21)7-4-11-22(14-10-20)16-17-5-6-18(23-2)19(15-17)24-3/h5-6,15H,4,7-14,16H2,1-3H3. The molecule has 2 heterocycles. The summed E-state index contributed by atoms with van der Waals surface area (Å²) in [6, 6.07) is 6.30. The third kappa shape index (κ3) is 4.04. The van der Waals surface area contributed by atoms with Gasteiger partial charge in [0.05, 0.1) is 14.2 Å². The largest absolute Gasteiger partial charge is 0.493 e. The summed E-state index contributed by atoms with van der Waals surface area (Å²) >= 11 is 0. The van der Waals surface area contributed by atoms with Crippen molar-refractivity contribution in [3.05, 3.63) is 23.8 Å². The molecule has 0 aliphatic carbocycles. The Bertz CT molecular complexity index is 538. The Balaban J connectivity index is 1.61. The molecule has 0 amide bonds. The van der Waals surface area contributed by atoms with Crippen molar-refractivity contribution >= 4 is 0 Å². The minimum atomic E-state index is 0.610. The lowest BCUT2D eigenvalue weighted by Gasteiger charge is -2.40. The summed E-state index contributed by atoms with van der Waals surface area (Å²) in [6.07, 6.45) is 6.86. The summed E-state index contributed by atoms with van der Waals surface area (Å²) in [7, 11) is 5.65. The average molecular weight is 332 g/mol. The third-order valence-corrected chi connectivity index (χ3v) is 6.04. The fourth-order valence-corrected chi connectivity index (χ4v) is 4.30. The number of methoxy groups -OCH3 is 2. The van der Waals surface area contributed by atoms with Crippen molar-refractivity contribution in [3.63, 3.8) is 0 Å². The van der Waals surface area contributed by atoms with Crippen molar-refractivity contribution in [2.75, 3.05) is 47.4 Å². The Hall–Kier alpha value is -1.26. The van der Waals surface area contributed by atoms with E-state index < -0.39 is 0 Å². The lowest BCUT2D eigenvalue weighted by atomic mass is 9.73. The molecule has 2 saturated heterocycles. The second kappa shape index (κ2) is 7.75. The van der Waals surface area contributed by atoms with E-state index in [2.05, 4.69) is 29.0 Å². The van der Waals surface area contributed by atoms with Gasteiger partial charge in [0, 0.05) is 6.54 Å². The Morgan fingerprint density at radius 2 is 1.62 bits per heavy atom. The van der Waals surface area contributed by atoms with Crippen LogP contribution in [0.3, 0.4) is 0 Å². The molecule has 0 saturated carbocycles. The Kier molecular flexibility index (Phi) is 5.67. The molecule has 0 N–H and O–H groups in total. The zero-order chi connectivity index (χ0) is 17.0. The van der Waals surface area contributed by atoms with Gasteiger partial charge in [0.1, 0.15) is 0 Å². The van der Waals surface area contributed by atoms with Gasteiger partial charge < -0.3 is 14.4 Å². The van der Waals surface area contributed by atoms with Gasteiger partial charge in [0.25, 0.3) is 0 Å². The fourth-order valence-electron chi connectivity index (χ4n) is 4.30. The zero-order valence-corrected chi connectivity index (χ0v) is 15.5. The zero-order valence-electron chi connectivity index (χ0n) is 15.5. The van der Waals surface area contributed by atoms with Gasteiger partial charge in [-0.2, -0.15) is 0 Å². The van der Waals surface area contributed by atoms with Crippen molar-refractivity contribution in [1.29, 1.82) is 0 Å². The van der Waals surface area contributed by atoms with Gasteiger partial charge in [0.2, 0.25) is 0 Å². The average Bonchev–Trinajstić information content (AvgIpc) is 2.80. The molecule has 0 unspecified atom stereocenters. The van der Waals surface area contributed by atoms with Crippen LogP contribution in [-0.4, -0.2) is 57.2 Å². The Morgan fingerprint density at radius 3 is 2.33 bits per heavy atom.